The summed E-state index contributed by atoms with van der Waals surface area (Å²) < 4.78 is 4.83. The Balaban J connectivity index is 1.96. The van der Waals surface area contributed by atoms with Gasteiger partial charge in [-0.15, -0.1) is 0 Å². The monoisotopic (exact) mass is 336 g/mol. The molecular formula is C19H28O5. The van der Waals surface area contributed by atoms with Gasteiger partial charge in [0.05, 0.1) is 6.42 Å². The topological polar surface area (TPSA) is 61.8 Å². The van der Waals surface area contributed by atoms with Crippen LogP contribution in [0.1, 0.15) is 70.3 Å². The standard InChI is InChI=1S/C19H28O5/c1-2-3-4-5-6-7-8-12-15-18(20)23-24-19(21)22-16-17-13-10-9-11-14-17/h9-11,13-14H,2-8,12,15-16H2,1H3. The first-order chi connectivity index (χ1) is 11.7. The maximum absolute atomic E-state index is 11.4. The van der Waals surface area contributed by atoms with Gasteiger partial charge in [0.1, 0.15) is 6.61 Å². The number of carbonyl (C=O) groups excluding carboxylic acids is 2. The number of ether oxygens (including phenoxy) is 1. The van der Waals surface area contributed by atoms with E-state index in [1.807, 2.05) is 30.3 Å². The van der Waals surface area contributed by atoms with Crippen LogP contribution in [0.2, 0.25) is 0 Å². The van der Waals surface area contributed by atoms with Crippen molar-refractivity contribution in [3.63, 3.8) is 0 Å². The molecule has 0 aliphatic rings. The largest absolute Gasteiger partial charge is 0.550 e. The van der Waals surface area contributed by atoms with Crippen LogP contribution < -0.4 is 0 Å². The number of hydrogen-bond acceptors (Lipinski definition) is 5. The molecule has 0 spiro atoms. The number of hydrogen-bond donors (Lipinski definition) is 0. The molecule has 5 heteroatoms. The van der Waals surface area contributed by atoms with Gasteiger partial charge in [-0.25, -0.2) is 14.6 Å². The highest BCUT2D eigenvalue weighted by molar-refractivity contribution is 5.70. The lowest BCUT2D eigenvalue weighted by atomic mass is 10.1. The molecule has 0 amide bonds. The van der Waals surface area contributed by atoms with Crippen LogP contribution >= 0.6 is 0 Å². The van der Waals surface area contributed by atoms with E-state index < -0.39 is 12.1 Å². The third-order valence-electron chi connectivity index (χ3n) is 3.64. The summed E-state index contributed by atoms with van der Waals surface area (Å²) in [7, 11) is 0. The molecule has 1 aromatic carbocycles. The van der Waals surface area contributed by atoms with Gasteiger partial charge in [-0.1, -0.05) is 82.2 Å². The first-order valence-electron chi connectivity index (χ1n) is 8.80. The average Bonchev–Trinajstić information content (AvgIpc) is 2.61. The molecule has 1 rings (SSSR count). The number of benzene rings is 1. The van der Waals surface area contributed by atoms with Crippen molar-refractivity contribution in [1.82, 2.24) is 0 Å². The minimum absolute atomic E-state index is 0.0786. The predicted molar refractivity (Wildman–Crippen MR) is 91.0 cm³/mol. The Morgan fingerprint density at radius 1 is 0.833 bits per heavy atom. The highest BCUT2D eigenvalue weighted by atomic mass is 17.2. The summed E-state index contributed by atoms with van der Waals surface area (Å²) in [5, 5.41) is 0. The van der Waals surface area contributed by atoms with Crippen LogP contribution in [-0.2, 0) is 25.9 Å². The molecule has 0 radical (unpaired) electrons. The maximum atomic E-state index is 11.4. The lowest BCUT2D eigenvalue weighted by molar-refractivity contribution is -0.244. The van der Waals surface area contributed by atoms with Gasteiger partial charge in [0.25, 0.3) is 0 Å². The molecule has 0 heterocycles. The summed E-state index contributed by atoms with van der Waals surface area (Å²) in [6.45, 7) is 2.28. The molecule has 0 aromatic heterocycles. The second kappa shape index (κ2) is 13.4. The maximum Gasteiger partial charge on any atom is 0.550 e. The summed E-state index contributed by atoms with van der Waals surface area (Å²) in [5.41, 5.74) is 0.833. The molecular weight excluding hydrogens is 308 g/mol. The number of rotatable bonds is 11. The molecule has 0 atom stereocenters. The van der Waals surface area contributed by atoms with E-state index in [4.69, 9.17) is 4.74 Å². The van der Waals surface area contributed by atoms with Crippen molar-refractivity contribution in [2.75, 3.05) is 0 Å². The first kappa shape index (κ1) is 20.0. The van der Waals surface area contributed by atoms with Gasteiger partial charge in [0.2, 0.25) is 0 Å². The summed E-state index contributed by atoms with van der Waals surface area (Å²) in [6.07, 6.45) is 8.39. The van der Waals surface area contributed by atoms with Crippen LogP contribution in [-0.4, -0.2) is 12.1 Å². The zero-order chi connectivity index (χ0) is 17.5. The molecule has 134 valence electrons. The van der Waals surface area contributed by atoms with Gasteiger partial charge in [0, 0.05) is 0 Å². The lowest BCUT2D eigenvalue weighted by Crippen LogP contribution is -2.12. The van der Waals surface area contributed by atoms with Gasteiger partial charge < -0.3 is 4.74 Å². The second-order valence-electron chi connectivity index (χ2n) is 5.79. The molecule has 0 fully saturated rings. The highest BCUT2D eigenvalue weighted by Crippen LogP contribution is 2.10. The van der Waals surface area contributed by atoms with E-state index >= 15 is 0 Å². The molecule has 0 bridgehead atoms. The Labute approximate surface area is 144 Å². The van der Waals surface area contributed by atoms with Crippen molar-refractivity contribution in [3.05, 3.63) is 35.9 Å². The molecule has 1 aromatic rings. The minimum atomic E-state index is -1.01. The molecule has 24 heavy (non-hydrogen) atoms. The normalized spacial score (nSPS) is 10.2. The Morgan fingerprint density at radius 2 is 1.46 bits per heavy atom. The molecule has 0 aliphatic carbocycles. The zero-order valence-corrected chi connectivity index (χ0v) is 14.5. The van der Waals surface area contributed by atoms with Crippen LogP contribution in [0.5, 0.6) is 0 Å². The molecule has 0 saturated carbocycles. The average molecular weight is 336 g/mol. The molecule has 5 nitrogen and oxygen atoms in total. The molecule has 0 unspecified atom stereocenters. The molecule has 0 aliphatic heterocycles. The van der Waals surface area contributed by atoms with Gasteiger partial charge >= 0.3 is 12.1 Å². The summed E-state index contributed by atoms with van der Waals surface area (Å²) in [4.78, 5) is 31.5. The zero-order valence-electron chi connectivity index (χ0n) is 14.5. The molecule has 0 N–H and O–H groups in total. The van der Waals surface area contributed by atoms with E-state index in [1.165, 1.54) is 32.1 Å². The Bertz CT molecular complexity index is 458. The number of unbranched alkanes of at least 4 members (excludes halogenated alkanes) is 7. The van der Waals surface area contributed by atoms with Gasteiger partial charge in [0.15, 0.2) is 0 Å². The third kappa shape index (κ3) is 10.6. The van der Waals surface area contributed by atoms with Gasteiger partial charge in [-0.3, -0.25) is 0 Å². The van der Waals surface area contributed by atoms with E-state index in [2.05, 4.69) is 16.7 Å². The van der Waals surface area contributed by atoms with E-state index in [-0.39, 0.29) is 13.0 Å². The smallest absolute Gasteiger partial charge is 0.427 e. The van der Waals surface area contributed by atoms with Gasteiger partial charge in [-0.05, 0) is 12.0 Å². The minimum Gasteiger partial charge on any atom is -0.427 e. The summed E-state index contributed by atoms with van der Waals surface area (Å²) in [5.74, 6) is -0.544. The summed E-state index contributed by atoms with van der Waals surface area (Å²) >= 11 is 0. The third-order valence-corrected chi connectivity index (χ3v) is 3.64. The quantitative estimate of drug-likeness (QED) is 0.236. The first-order valence-corrected chi connectivity index (χ1v) is 8.80. The van der Waals surface area contributed by atoms with E-state index in [0.29, 0.717) is 0 Å². The second-order valence-corrected chi connectivity index (χ2v) is 5.79. The SMILES string of the molecule is CCCCCCCCCCC(=O)OOC(=O)OCc1ccccc1. The van der Waals surface area contributed by atoms with Crippen molar-refractivity contribution in [1.29, 1.82) is 0 Å². The van der Waals surface area contributed by atoms with Crippen molar-refractivity contribution in [3.8, 4) is 0 Å². The fraction of sp³-hybridized carbons (Fsp3) is 0.579. The van der Waals surface area contributed by atoms with Crippen molar-refractivity contribution in [2.45, 2.75) is 71.3 Å². The highest BCUT2D eigenvalue weighted by Gasteiger charge is 2.10. The molecule has 0 saturated heterocycles. The predicted octanol–water partition coefficient (Wildman–Crippen LogP) is 5.33. The fourth-order valence-electron chi connectivity index (χ4n) is 2.27. The van der Waals surface area contributed by atoms with Crippen molar-refractivity contribution >= 4 is 12.1 Å². The Hall–Kier alpha value is -2.04. The van der Waals surface area contributed by atoms with Crippen LogP contribution in [0.4, 0.5) is 4.79 Å². The van der Waals surface area contributed by atoms with Crippen LogP contribution in [0.25, 0.3) is 0 Å². The Morgan fingerprint density at radius 3 is 2.12 bits per heavy atom. The van der Waals surface area contributed by atoms with E-state index in [9.17, 15) is 9.59 Å². The van der Waals surface area contributed by atoms with Gasteiger partial charge in [-0.2, -0.15) is 4.79 Å². The Kier molecular flexibility index (Phi) is 11.2. The number of carbonyl (C=O) groups is 2. The van der Waals surface area contributed by atoms with Crippen molar-refractivity contribution in [2.24, 2.45) is 0 Å². The van der Waals surface area contributed by atoms with E-state index in [1.54, 1.807) is 0 Å². The van der Waals surface area contributed by atoms with Crippen LogP contribution in [0, 0.1) is 0 Å². The van der Waals surface area contributed by atoms with Crippen LogP contribution in [0.3, 0.4) is 0 Å². The fourth-order valence-corrected chi connectivity index (χ4v) is 2.27. The summed E-state index contributed by atoms with van der Waals surface area (Å²) in [6, 6.07) is 9.19. The lowest BCUT2D eigenvalue weighted by Gasteiger charge is -2.05. The van der Waals surface area contributed by atoms with E-state index in [0.717, 1.165) is 24.8 Å². The van der Waals surface area contributed by atoms with Crippen molar-refractivity contribution < 1.29 is 24.1 Å². The van der Waals surface area contributed by atoms with Crippen LogP contribution in [0.15, 0.2) is 30.3 Å².